The quantitative estimate of drug-likeness (QED) is 0.822. The van der Waals surface area contributed by atoms with Gasteiger partial charge in [0.1, 0.15) is 5.75 Å². The highest BCUT2D eigenvalue weighted by Crippen LogP contribution is 2.38. The third-order valence-electron chi connectivity index (χ3n) is 3.75. The van der Waals surface area contributed by atoms with Gasteiger partial charge in [-0.15, -0.1) is 0 Å². The second-order valence-corrected chi connectivity index (χ2v) is 4.75. The Morgan fingerprint density at radius 1 is 1.12 bits per heavy atom. The van der Waals surface area contributed by atoms with Gasteiger partial charge in [0.05, 0.1) is 6.61 Å². The zero-order valence-electron chi connectivity index (χ0n) is 9.60. The number of rotatable bonds is 3. The number of para-hydroxylation sites is 1. The predicted molar refractivity (Wildman–Crippen MR) is 64.5 cm³/mol. The molecule has 1 aliphatic carbocycles. The SMILES string of the molecule is OCC(c1ccccc1O)C1CCCCC1. The maximum atomic E-state index is 9.83. The summed E-state index contributed by atoms with van der Waals surface area (Å²) < 4.78 is 0. The molecule has 0 saturated heterocycles. The number of hydrogen-bond acceptors (Lipinski definition) is 2. The summed E-state index contributed by atoms with van der Waals surface area (Å²) in [7, 11) is 0. The third-order valence-corrected chi connectivity index (χ3v) is 3.75. The molecule has 1 saturated carbocycles. The molecule has 1 fully saturated rings. The van der Waals surface area contributed by atoms with Crippen molar-refractivity contribution < 1.29 is 10.2 Å². The van der Waals surface area contributed by atoms with Crippen LogP contribution in [0.1, 0.15) is 43.6 Å². The van der Waals surface area contributed by atoms with Crippen LogP contribution in [-0.2, 0) is 0 Å². The normalized spacial score (nSPS) is 19.6. The lowest BCUT2D eigenvalue weighted by Gasteiger charge is -2.29. The Kier molecular flexibility index (Phi) is 3.83. The predicted octanol–water partition coefficient (Wildman–Crippen LogP) is 3.05. The minimum Gasteiger partial charge on any atom is -0.508 e. The highest BCUT2D eigenvalue weighted by molar-refractivity contribution is 5.35. The molecule has 1 aromatic rings. The summed E-state index contributed by atoms with van der Waals surface area (Å²) >= 11 is 0. The second-order valence-electron chi connectivity index (χ2n) is 4.75. The van der Waals surface area contributed by atoms with E-state index in [-0.39, 0.29) is 12.5 Å². The van der Waals surface area contributed by atoms with Crippen LogP contribution in [0.2, 0.25) is 0 Å². The van der Waals surface area contributed by atoms with Crippen LogP contribution in [0.3, 0.4) is 0 Å². The van der Waals surface area contributed by atoms with Crippen molar-refractivity contribution in [2.75, 3.05) is 6.61 Å². The lowest BCUT2D eigenvalue weighted by molar-refractivity contribution is 0.194. The molecule has 1 aliphatic rings. The second kappa shape index (κ2) is 5.35. The summed E-state index contributed by atoms with van der Waals surface area (Å²) in [5.41, 5.74) is 0.914. The molecule has 0 radical (unpaired) electrons. The summed E-state index contributed by atoms with van der Waals surface area (Å²) in [6.45, 7) is 0.141. The van der Waals surface area contributed by atoms with Gasteiger partial charge in [-0.05, 0) is 30.4 Å². The first-order chi connectivity index (χ1) is 7.83. The molecule has 1 atom stereocenters. The Morgan fingerprint density at radius 3 is 2.44 bits per heavy atom. The lowest BCUT2D eigenvalue weighted by atomic mass is 9.77. The molecule has 2 N–H and O–H groups in total. The largest absolute Gasteiger partial charge is 0.508 e. The van der Waals surface area contributed by atoms with Crippen molar-refractivity contribution in [1.82, 2.24) is 0 Å². The summed E-state index contributed by atoms with van der Waals surface area (Å²) in [4.78, 5) is 0. The Morgan fingerprint density at radius 2 is 1.81 bits per heavy atom. The van der Waals surface area contributed by atoms with Crippen molar-refractivity contribution in [1.29, 1.82) is 0 Å². The minimum absolute atomic E-state index is 0.112. The zero-order chi connectivity index (χ0) is 11.4. The van der Waals surface area contributed by atoms with Gasteiger partial charge in [0, 0.05) is 5.92 Å². The highest BCUT2D eigenvalue weighted by atomic mass is 16.3. The van der Waals surface area contributed by atoms with Gasteiger partial charge in [-0.2, -0.15) is 0 Å². The van der Waals surface area contributed by atoms with Crippen molar-refractivity contribution in [3.8, 4) is 5.75 Å². The third kappa shape index (κ3) is 2.38. The van der Waals surface area contributed by atoms with Crippen molar-refractivity contribution in [3.63, 3.8) is 0 Å². The van der Waals surface area contributed by atoms with E-state index in [2.05, 4.69) is 0 Å². The molecular weight excluding hydrogens is 200 g/mol. The zero-order valence-corrected chi connectivity index (χ0v) is 9.60. The average molecular weight is 220 g/mol. The highest BCUT2D eigenvalue weighted by Gasteiger charge is 2.25. The van der Waals surface area contributed by atoms with E-state index < -0.39 is 0 Å². The molecule has 0 aliphatic heterocycles. The molecule has 1 unspecified atom stereocenters. The van der Waals surface area contributed by atoms with Crippen LogP contribution in [0.15, 0.2) is 24.3 Å². The van der Waals surface area contributed by atoms with Crippen LogP contribution in [0.25, 0.3) is 0 Å². The fraction of sp³-hybridized carbons (Fsp3) is 0.571. The maximum Gasteiger partial charge on any atom is 0.119 e. The fourth-order valence-electron chi connectivity index (χ4n) is 2.84. The minimum atomic E-state index is 0.112. The van der Waals surface area contributed by atoms with E-state index in [0.717, 1.165) is 5.56 Å². The van der Waals surface area contributed by atoms with Gasteiger partial charge >= 0.3 is 0 Å². The molecule has 0 spiro atoms. The molecule has 1 aromatic carbocycles. The number of hydrogen-bond donors (Lipinski definition) is 2. The number of aromatic hydroxyl groups is 1. The van der Waals surface area contributed by atoms with E-state index in [1.54, 1.807) is 6.07 Å². The lowest BCUT2D eigenvalue weighted by Crippen LogP contribution is -2.19. The van der Waals surface area contributed by atoms with E-state index in [9.17, 15) is 10.2 Å². The van der Waals surface area contributed by atoms with Gasteiger partial charge in [-0.25, -0.2) is 0 Å². The van der Waals surface area contributed by atoms with E-state index in [4.69, 9.17) is 0 Å². The summed E-state index contributed by atoms with van der Waals surface area (Å²) in [5, 5.41) is 19.4. The number of phenolic OH excluding ortho intramolecular Hbond substituents is 1. The summed E-state index contributed by atoms with van der Waals surface area (Å²) in [6.07, 6.45) is 6.19. The van der Waals surface area contributed by atoms with Gasteiger partial charge in [0.25, 0.3) is 0 Å². The maximum absolute atomic E-state index is 9.83. The van der Waals surface area contributed by atoms with Crippen molar-refractivity contribution >= 4 is 0 Å². The van der Waals surface area contributed by atoms with Gasteiger partial charge in [0.15, 0.2) is 0 Å². The van der Waals surface area contributed by atoms with Crippen LogP contribution >= 0.6 is 0 Å². The number of aliphatic hydroxyl groups excluding tert-OH is 1. The number of aliphatic hydroxyl groups is 1. The average Bonchev–Trinajstić information content (AvgIpc) is 2.34. The molecule has 2 heteroatoms. The summed E-state index contributed by atoms with van der Waals surface area (Å²) in [6, 6.07) is 7.40. The fourth-order valence-corrected chi connectivity index (χ4v) is 2.84. The number of benzene rings is 1. The molecule has 0 heterocycles. The van der Waals surface area contributed by atoms with Crippen molar-refractivity contribution in [2.45, 2.75) is 38.0 Å². The van der Waals surface area contributed by atoms with Gasteiger partial charge < -0.3 is 10.2 Å². The topological polar surface area (TPSA) is 40.5 Å². The van der Waals surface area contributed by atoms with Gasteiger partial charge in [-0.1, -0.05) is 37.5 Å². The smallest absolute Gasteiger partial charge is 0.119 e. The first-order valence-electron chi connectivity index (χ1n) is 6.21. The molecule has 16 heavy (non-hydrogen) atoms. The van der Waals surface area contributed by atoms with Crippen LogP contribution in [0.5, 0.6) is 5.75 Å². The Labute approximate surface area is 96.9 Å². The Balaban J connectivity index is 2.18. The van der Waals surface area contributed by atoms with Crippen LogP contribution < -0.4 is 0 Å². The van der Waals surface area contributed by atoms with E-state index in [1.807, 2.05) is 18.2 Å². The molecular formula is C14H20O2. The molecule has 2 nitrogen and oxygen atoms in total. The molecule has 88 valence electrons. The van der Waals surface area contributed by atoms with Gasteiger partial charge in [-0.3, -0.25) is 0 Å². The van der Waals surface area contributed by atoms with E-state index in [1.165, 1.54) is 32.1 Å². The first-order valence-corrected chi connectivity index (χ1v) is 6.21. The standard InChI is InChI=1S/C14H20O2/c15-10-13(11-6-2-1-3-7-11)12-8-4-5-9-14(12)16/h4-5,8-9,11,13,15-16H,1-3,6-7,10H2. The van der Waals surface area contributed by atoms with E-state index in [0.29, 0.717) is 11.7 Å². The van der Waals surface area contributed by atoms with Crippen molar-refractivity contribution in [3.05, 3.63) is 29.8 Å². The van der Waals surface area contributed by atoms with Crippen LogP contribution in [0, 0.1) is 5.92 Å². The Hall–Kier alpha value is -1.02. The molecule has 0 amide bonds. The summed E-state index contributed by atoms with van der Waals surface area (Å²) in [5.74, 6) is 0.973. The number of phenols is 1. The van der Waals surface area contributed by atoms with E-state index >= 15 is 0 Å². The van der Waals surface area contributed by atoms with Gasteiger partial charge in [0.2, 0.25) is 0 Å². The molecule has 0 bridgehead atoms. The monoisotopic (exact) mass is 220 g/mol. The van der Waals surface area contributed by atoms with Crippen LogP contribution in [0.4, 0.5) is 0 Å². The Bertz CT molecular complexity index is 329. The van der Waals surface area contributed by atoms with Crippen LogP contribution in [-0.4, -0.2) is 16.8 Å². The molecule has 2 rings (SSSR count). The molecule has 0 aromatic heterocycles. The first kappa shape index (κ1) is 11.5. The van der Waals surface area contributed by atoms with Crippen molar-refractivity contribution in [2.24, 2.45) is 5.92 Å².